The van der Waals surface area contributed by atoms with Crippen LogP contribution >= 0.6 is 0 Å². The molecule has 3 rings (SSSR count). The van der Waals surface area contributed by atoms with Gasteiger partial charge in [-0.05, 0) is 44.7 Å². The molecule has 0 aromatic heterocycles. The fraction of sp³-hybridized carbons (Fsp3) is 0.476. The first-order valence-electron chi connectivity index (χ1n) is 9.25. The van der Waals surface area contributed by atoms with Crippen molar-refractivity contribution in [3.63, 3.8) is 0 Å². The van der Waals surface area contributed by atoms with Crippen LogP contribution < -0.4 is 5.32 Å². The van der Waals surface area contributed by atoms with Crippen molar-refractivity contribution in [2.24, 2.45) is 11.8 Å². The molecule has 1 aromatic carbocycles. The number of carbonyl (C=O) groups is 3. The van der Waals surface area contributed by atoms with E-state index in [1.54, 1.807) is 0 Å². The van der Waals surface area contributed by atoms with Crippen molar-refractivity contribution in [2.45, 2.75) is 46.1 Å². The number of allylic oxidation sites excluding steroid dienone is 2. The molecular formula is C21H26N2O3. The Morgan fingerprint density at radius 3 is 2.38 bits per heavy atom. The van der Waals surface area contributed by atoms with Crippen LogP contribution in [-0.4, -0.2) is 29.2 Å². The van der Waals surface area contributed by atoms with Gasteiger partial charge in [-0.2, -0.15) is 0 Å². The SMILES string of the molecule is Cc1ccc(C)c([C@H](C)NC(=O)CCN2C(=O)[C@H]3CC=CC[C@H]3C2=O)c1. The van der Waals surface area contributed by atoms with Crippen molar-refractivity contribution in [3.05, 3.63) is 47.0 Å². The number of likely N-dealkylation sites (tertiary alicyclic amines) is 1. The maximum atomic E-state index is 12.4. The smallest absolute Gasteiger partial charge is 0.233 e. The number of imide groups is 1. The largest absolute Gasteiger partial charge is 0.350 e. The summed E-state index contributed by atoms with van der Waals surface area (Å²) in [5.74, 6) is -0.861. The number of rotatable bonds is 5. The van der Waals surface area contributed by atoms with Gasteiger partial charge in [0.1, 0.15) is 0 Å². The highest BCUT2D eigenvalue weighted by molar-refractivity contribution is 6.05. The van der Waals surface area contributed by atoms with Gasteiger partial charge in [0.15, 0.2) is 0 Å². The Hall–Kier alpha value is -2.43. The van der Waals surface area contributed by atoms with E-state index in [0.29, 0.717) is 12.8 Å². The fourth-order valence-electron chi connectivity index (χ4n) is 3.92. The Bertz CT molecular complexity index is 743. The summed E-state index contributed by atoms with van der Waals surface area (Å²) < 4.78 is 0. The predicted molar refractivity (Wildman–Crippen MR) is 99.2 cm³/mol. The molecule has 2 aliphatic rings. The monoisotopic (exact) mass is 354 g/mol. The van der Waals surface area contributed by atoms with Crippen LogP contribution in [0, 0.1) is 25.7 Å². The molecule has 0 saturated carbocycles. The van der Waals surface area contributed by atoms with E-state index in [2.05, 4.69) is 11.4 Å². The molecule has 0 radical (unpaired) electrons. The summed E-state index contributed by atoms with van der Waals surface area (Å²) in [4.78, 5) is 38.5. The first-order valence-corrected chi connectivity index (χ1v) is 9.25. The number of hydrogen-bond donors (Lipinski definition) is 1. The highest BCUT2D eigenvalue weighted by Crippen LogP contribution is 2.35. The van der Waals surface area contributed by atoms with Crippen LogP contribution in [0.2, 0.25) is 0 Å². The van der Waals surface area contributed by atoms with Crippen LogP contribution in [0.4, 0.5) is 0 Å². The second kappa shape index (κ2) is 7.44. The van der Waals surface area contributed by atoms with Gasteiger partial charge in [-0.3, -0.25) is 19.3 Å². The zero-order chi connectivity index (χ0) is 18.8. The molecule has 1 saturated heterocycles. The van der Waals surface area contributed by atoms with Crippen molar-refractivity contribution in [3.8, 4) is 0 Å². The first-order chi connectivity index (χ1) is 12.4. The van der Waals surface area contributed by atoms with Crippen LogP contribution in [0.1, 0.15) is 48.9 Å². The lowest BCUT2D eigenvalue weighted by Crippen LogP contribution is -2.36. The van der Waals surface area contributed by atoms with Crippen molar-refractivity contribution in [1.29, 1.82) is 0 Å². The van der Waals surface area contributed by atoms with Crippen LogP contribution in [0.3, 0.4) is 0 Å². The zero-order valence-corrected chi connectivity index (χ0v) is 15.6. The van der Waals surface area contributed by atoms with E-state index in [1.165, 1.54) is 4.90 Å². The summed E-state index contributed by atoms with van der Waals surface area (Å²) in [5.41, 5.74) is 3.37. The van der Waals surface area contributed by atoms with E-state index >= 15 is 0 Å². The summed E-state index contributed by atoms with van der Waals surface area (Å²) in [6, 6.07) is 6.06. The minimum Gasteiger partial charge on any atom is -0.350 e. The van der Waals surface area contributed by atoms with E-state index in [9.17, 15) is 14.4 Å². The first kappa shape index (κ1) is 18.4. The Balaban J connectivity index is 1.57. The van der Waals surface area contributed by atoms with Gasteiger partial charge in [0, 0.05) is 13.0 Å². The third-order valence-electron chi connectivity index (χ3n) is 5.44. The Morgan fingerprint density at radius 2 is 1.77 bits per heavy atom. The number of nitrogens with zero attached hydrogens (tertiary/aromatic N) is 1. The van der Waals surface area contributed by atoms with Crippen molar-refractivity contribution in [1.82, 2.24) is 10.2 Å². The normalized spacial score (nSPS) is 23.1. The molecule has 1 fully saturated rings. The average molecular weight is 354 g/mol. The average Bonchev–Trinajstić information content (AvgIpc) is 2.86. The summed E-state index contributed by atoms with van der Waals surface area (Å²) >= 11 is 0. The van der Waals surface area contributed by atoms with Gasteiger partial charge in [0.25, 0.3) is 0 Å². The molecule has 3 amide bonds. The number of nitrogens with one attached hydrogen (secondary N) is 1. The van der Waals surface area contributed by atoms with Gasteiger partial charge in [0.05, 0.1) is 17.9 Å². The molecule has 1 aromatic rings. The molecule has 3 atom stereocenters. The highest BCUT2D eigenvalue weighted by Gasteiger charge is 2.46. The summed E-state index contributed by atoms with van der Waals surface area (Å²) in [6.07, 6.45) is 5.32. The molecule has 5 heteroatoms. The fourth-order valence-corrected chi connectivity index (χ4v) is 3.92. The van der Waals surface area contributed by atoms with Crippen molar-refractivity contribution < 1.29 is 14.4 Å². The molecule has 5 nitrogen and oxygen atoms in total. The molecule has 138 valence electrons. The van der Waals surface area contributed by atoms with Gasteiger partial charge in [-0.25, -0.2) is 0 Å². The number of hydrogen-bond acceptors (Lipinski definition) is 3. The molecule has 1 aliphatic heterocycles. The molecule has 1 N–H and O–H groups in total. The third kappa shape index (κ3) is 3.57. The van der Waals surface area contributed by atoms with Crippen LogP contribution in [-0.2, 0) is 14.4 Å². The number of benzene rings is 1. The molecular weight excluding hydrogens is 328 g/mol. The third-order valence-corrected chi connectivity index (χ3v) is 5.44. The van der Waals surface area contributed by atoms with E-state index in [1.807, 2.05) is 45.1 Å². The van der Waals surface area contributed by atoms with E-state index in [4.69, 9.17) is 0 Å². The highest BCUT2D eigenvalue weighted by atomic mass is 16.2. The lowest BCUT2D eigenvalue weighted by atomic mass is 9.85. The van der Waals surface area contributed by atoms with Gasteiger partial charge in [-0.15, -0.1) is 0 Å². The summed E-state index contributed by atoms with van der Waals surface area (Å²) in [7, 11) is 0. The standard InChI is InChI=1S/C21H26N2O3/c1-13-8-9-14(2)18(12-13)15(3)22-19(24)10-11-23-20(25)16-6-4-5-7-17(16)21(23)26/h4-5,8-9,12,15-17H,6-7,10-11H2,1-3H3,(H,22,24)/t15-,16-,17+/m0/s1. The van der Waals surface area contributed by atoms with Crippen LogP contribution in [0.25, 0.3) is 0 Å². The van der Waals surface area contributed by atoms with Crippen LogP contribution in [0.5, 0.6) is 0 Å². The van der Waals surface area contributed by atoms with Crippen LogP contribution in [0.15, 0.2) is 30.4 Å². The summed E-state index contributed by atoms with van der Waals surface area (Å²) in [5, 5.41) is 2.98. The molecule has 1 heterocycles. The minimum absolute atomic E-state index is 0.112. The number of fused-ring (bicyclic) bond motifs is 1. The summed E-state index contributed by atoms with van der Waals surface area (Å²) in [6.45, 7) is 6.16. The maximum absolute atomic E-state index is 12.4. The Labute approximate surface area is 154 Å². The predicted octanol–water partition coefficient (Wildman–Crippen LogP) is 2.82. The quantitative estimate of drug-likeness (QED) is 0.653. The molecule has 1 aliphatic carbocycles. The van der Waals surface area contributed by atoms with E-state index in [-0.39, 0.29) is 48.6 Å². The number of aryl methyl sites for hydroxylation is 2. The topological polar surface area (TPSA) is 66.5 Å². The zero-order valence-electron chi connectivity index (χ0n) is 15.6. The maximum Gasteiger partial charge on any atom is 0.233 e. The van der Waals surface area contributed by atoms with Gasteiger partial charge in [-0.1, -0.05) is 35.9 Å². The van der Waals surface area contributed by atoms with Gasteiger partial charge < -0.3 is 5.32 Å². The van der Waals surface area contributed by atoms with Crippen molar-refractivity contribution in [2.75, 3.05) is 6.54 Å². The van der Waals surface area contributed by atoms with Crippen molar-refractivity contribution >= 4 is 17.7 Å². The number of amides is 3. The Kier molecular flexibility index (Phi) is 5.25. The van der Waals surface area contributed by atoms with Gasteiger partial charge in [0.2, 0.25) is 17.7 Å². The molecule has 26 heavy (non-hydrogen) atoms. The van der Waals surface area contributed by atoms with Gasteiger partial charge >= 0.3 is 0 Å². The van der Waals surface area contributed by atoms with E-state index < -0.39 is 0 Å². The second-order valence-electron chi connectivity index (χ2n) is 7.38. The van der Waals surface area contributed by atoms with E-state index in [0.717, 1.165) is 16.7 Å². The number of carbonyl (C=O) groups excluding carboxylic acids is 3. The molecule has 0 bridgehead atoms. The molecule has 0 unspecified atom stereocenters. The second-order valence-corrected chi connectivity index (χ2v) is 7.38. The Morgan fingerprint density at radius 1 is 1.15 bits per heavy atom. The molecule has 0 spiro atoms. The minimum atomic E-state index is -0.232. The lowest BCUT2D eigenvalue weighted by Gasteiger charge is -2.19. The lowest BCUT2D eigenvalue weighted by molar-refractivity contribution is -0.140.